The molecule has 0 radical (unpaired) electrons. The van der Waals surface area contributed by atoms with E-state index in [2.05, 4.69) is 5.32 Å². The van der Waals surface area contributed by atoms with E-state index in [1.807, 2.05) is 44.2 Å². The molecule has 186 valence electrons. The number of methoxy groups -OCH3 is 1. The van der Waals surface area contributed by atoms with E-state index in [1.165, 1.54) is 12.0 Å². The van der Waals surface area contributed by atoms with Gasteiger partial charge >= 0.3 is 0 Å². The molecule has 9 heteroatoms. The van der Waals surface area contributed by atoms with Gasteiger partial charge in [0.25, 0.3) is 0 Å². The van der Waals surface area contributed by atoms with E-state index in [0.29, 0.717) is 12.2 Å². The summed E-state index contributed by atoms with van der Waals surface area (Å²) in [5, 5.41) is 2.91. The van der Waals surface area contributed by atoms with Crippen LogP contribution in [0.5, 0.6) is 5.75 Å². The summed E-state index contributed by atoms with van der Waals surface area (Å²) in [5.41, 5.74) is 1.28. The van der Waals surface area contributed by atoms with E-state index in [-0.39, 0.29) is 24.2 Å². The van der Waals surface area contributed by atoms with E-state index in [4.69, 9.17) is 4.74 Å². The van der Waals surface area contributed by atoms with Crippen molar-refractivity contribution in [3.63, 3.8) is 0 Å². The van der Waals surface area contributed by atoms with Gasteiger partial charge in [-0.2, -0.15) is 0 Å². The van der Waals surface area contributed by atoms with Gasteiger partial charge in [0.15, 0.2) is 0 Å². The SMILES string of the molecule is CC[C@H](C)NC(=O)[C@@H](C)N(CCc1ccccc1)C(=O)CN(c1ccccc1OC)S(C)(=O)=O. The van der Waals surface area contributed by atoms with Gasteiger partial charge in [-0.15, -0.1) is 0 Å². The number of ether oxygens (including phenoxy) is 1. The summed E-state index contributed by atoms with van der Waals surface area (Å²) >= 11 is 0. The number of rotatable bonds is 12. The van der Waals surface area contributed by atoms with E-state index < -0.39 is 28.5 Å². The van der Waals surface area contributed by atoms with Gasteiger partial charge in [0.1, 0.15) is 18.3 Å². The van der Waals surface area contributed by atoms with E-state index in [9.17, 15) is 18.0 Å². The maximum absolute atomic E-state index is 13.5. The zero-order valence-electron chi connectivity index (χ0n) is 20.5. The zero-order valence-corrected chi connectivity index (χ0v) is 21.3. The van der Waals surface area contributed by atoms with Gasteiger partial charge in [-0.05, 0) is 44.4 Å². The number of hydrogen-bond acceptors (Lipinski definition) is 5. The van der Waals surface area contributed by atoms with Crippen LogP contribution in [0.15, 0.2) is 54.6 Å². The highest BCUT2D eigenvalue weighted by atomic mass is 32.2. The smallest absolute Gasteiger partial charge is 0.244 e. The Kier molecular flexibility index (Phi) is 9.92. The minimum absolute atomic E-state index is 0.0397. The van der Waals surface area contributed by atoms with E-state index >= 15 is 0 Å². The topological polar surface area (TPSA) is 96.0 Å². The molecule has 1 N–H and O–H groups in total. The van der Waals surface area contributed by atoms with Crippen molar-refractivity contribution < 1.29 is 22.7 Å². The minimum atomic E-state index is -3.81. The van der Waals surface area contributed by atoms with E-state index in [0.717, 1.165) is 22.5 Å². The number of nitrogens with zero attached hydrogens (tertiary/aromatic N) is 2. The first-order valence-electron chi connectivity index (χ1n) is 11.3. The molecule has 0 unspecified atom stereocenters. The van der Waals surface area contributed by atoms with Crippen LogP contribution in [0.3, 0.4) is 0 Å². The molecule has 0 fully saturated rings. The molecular weight excluding hydrogens is 454 g/mol. The normalized spacial score (nSPS) is 13.0. The van der Waals surface area contributed by atoms with Crippen molar-refractivity contribution in [3.05, 3.63) is 60.2 Å². The van der Waals surface area contributed by atoms with Crippen LogP contribution in [0, 0.1) is 0 Å². The molecule has 0 spiro atoms. The second-order valence-electron chi connectivity index (χ2n) is 8.26. The Balaban J connectivity index is 2.34. The van der Waals surface area contributed by atoms with Crippen molar-refractivity contribution in [2.45, 2.75) is 45.7 Å². The van der Waals surface area contributed by atoms with Crippen LogP contribution in [-0.4, -0.2) is 63.7 Å². The highest BCUT2D eigenvalue weighted by Crippen LogP contribution is 2.29. The lowest BCUT2D eigenvalue weighted by Gasteiger charge is -2.32. The third-order valence-electron chi connectivity index (χ3n) is 5.69. The molecule has 0 aromatic heterocycles. The van der Waals surface area contributed by atoms with Gasteiger partial charge in [0.05, 0.1) is 19.1 Å². The summed E-state index contributed by atoms with van der Waals surface area (Å²) in [6.45, 7) is 5.34. The van der Waals surface area contributed by atoms with Crippen molar-refractivity contribution in [1.82, 2.24) is 10.2 Å². The van der Waals surface area contributed by atoms with Crippen LogP contribution >= 0.6 is 0 Å². The van der Waals surface area contributed by atoms with Crippen LogP contribution in [0.1, 0.15) is 32.8 Å². The number of carbonyl (C=O) groups excluding carboxylic acids is 2. The second-order valence-corrected chi connectivity index (χ2v) is 10.2. The van der Waals surface area contributed by atoms with Gasteiger partial charge in [-0.3, -0.25) is 13.9 Å². The van der Waals surface area contributed by atoms with Crippen molar-refractivity contribution in [2.24, 2.45) is 0 Å². The number of anilines is 1. The Morgan fingerprint density at radius 1 is 1.03 bits per heavy atom. The predicted octanol–water partition coefficient (Wildman–Crippen LogP) is 2.84. The maximum Gasteiger partial charge on any atom is 0.244 e. The van der Waals surface area contributed by atoms with Gasteiger partial charge in [0.2, 0.25) is 21.8 Å². The molecule has 2 aromatic carbocycles. The quantitative estimate of drug-likeness (QED) is 0.495. The first kappa shape index (κ1) is 27.2. The Morgan fingerprint density at radius 3 is 2.24 bits per heavy atom. The molecule has 0 aliphatic carbocycles. The Morgan fingerprint density at radius 2 is 1.65 bits per heavy atom. The summed E-state index contributed by atoms with van der Waals surface area (Å²) in [5.74, 6) is -0.419. The maximum atomic E-state index is 13.5. The molecule has 2 rings (SSSR count). The number of amides is 2. The fraction of sp³-hybridized carbons (Fsp3) is 0.440. The van der Waals surface area contributed by atoms with Gasteiger partial charge in [-0.25, -0.2) is 8.42 Å². The first-order valence-corrected chi connectivity index (χ1v) is 13.2. The Bertz CT molecular complexity index is 1060. The number of sulfonamides is 1. The number of hydrogen-bond donors (Lipinski definition) is 1. The summed E-state index contributed by atoms with van der Waals surface area (Å²) in [4.78, 5) is 27.8. The number of para-hydroxylation sites is 2. The predicted molar refractivity (Wildman–Crippen MR) is 134 cm³/mol. The lowest BCUT2D eigenvalue weighted by atomic mass is 10.1. The molecule has 2 amide bonds. The van der Waals surface area contributed by atoms with Crippen LogP contribution in [0.2, 0.25) is 0 Å². The summed E-state index contributed by atoms with van der Waals surface area (Å²) < 4.78 is 31.6. The minimum Gasteiger partial charge on any atom is -0.495 e. The fourth-order valence-corrected chi connectivity index (χ4v) is 4.32. The standard InChI is InChI=1S/C25H35N3O5S/c1-6-19(2)26-25(30)20(3)27(17-16-21-12-8-7-9-13-21)24(29)18-28(34(5,31)32)22-14-10-11-15-23(22)33-4/h7-15,19-20H,6,16-18H2,1-5H3,(H,26,30)/t19-,20+/m0/s1. The van der Waals surface area contributed by atoms with Crippen molar-refractivity contribution in [2.75, 3.05) is 30.8 Å². The molecular formula is C25H35N3O5S. The summed E-state index contributed by atoms with van der Waals surface area (Å²) in [6.07, 6.45) is 2.33. The monoisotopic (exact) mass is 489 g/mol. The Labute approximate surface area is 202 Å². The average molecular weight is 490 g/mol. The van der Waals surface area contributed by atoms with Crippen LogP contribution < -0.4 is 14.4 Å². The third kappa shape index (κ3) is 7.48. The van der Waals surface area contributed by atoms with Crippen molar-refractivity contribution >= 4 is 27.5 Å². The Hall–Kier alpha value is -3.07. The summed E-state index contributed by atoms with van der Waals surface area (Å²) in [6, 6.07) is 15.4. The molecule has 0 aliphatic rings. The molecule has 0 aliphatic heterocycles. The molecule has 0 saturated carbocycles. The van der Waals surface area contributed by atoms with Gasteiger partial charge in [-0.1, -0.05) is 49.4 Å². The van der Waals surface area contributed by atoms with Crippen molar-refractivity contribution in [1.29, 1.82) is 0 Å². The molecule has 2 aromatic rings. The van der Waals surface area contributed by atoms with E-state index in [1.54, 1.807) is 31.2 Å². The molecule has 34 heavy (non-hydrogen) atoms. The number of benzene rings is 2. The van der Waals surface area contributed by atoms with Crippen LogP contribution in [0.25, 0.3) is 0 Å². The highest BCUT2D eigenvalue weighted by Gasteiger charge is 2.31. The molecule has 0 heterocycles. The highest BCUT2D eigenvalue weighted by molar-refractivity contribution is 7.92. The van der Waals surface area contributed by atoms with Crippen LogP contribution in [-0.2, 0) is 26.0 Å². The lowest BCUT2D eigenvalue weighted by molar-refractivity contribution is -0.139. The number of nitrogens with one attached hydrogen (secondary N) is 1. The third-order valence-corrected chi connectivity index (χ3v) is 6.81. The molecule has 0 saturated heterocycles. The van der Waals surface area contributed by atoms with Gasteiger partial charge < -0.3 is 15.0 Å². The fourth-order valence-electron chi connectivity index (χ4n) is 3.47. The molecule has 0 bridgehead atoms. The second kappa shape index (κ2) is 12.4. The molecule has 8 nitrogen and oxygen atoms in total. The molecule has 2 atom stereocenters. The largest absolute Gasteiger partial charge is 0.495 e. The van der Waals surface area contributed by atoms with Crippen molar-refractivity contribution in [3.8, 4) is 5.75 Å². The lowest BCUT2D eigenvalue weighted by Crippen LogP contribution is -2.53. The average Bonchev–Trinajstić information content (AvgIpc) is 2.82. The number of carbonyl (C=O) groups is 2. The van der Waals surface area contributed by atoms with Crippen LogP contribution in [0.4, 0.5) is 5.69 Å². The zero-order chi connectivity index (χ0) is 25.3. The first-order chi connectivity index (χ1) is 16.1. The summed E-state index contributed by atoms with van der Waals surface area (Å²) in [7, 11) is -2.37. The van der Waals surface area contributed by atoms with Gasteiger partial charge in [0, 0.05) is 12.6 Å².